The van der Waals surface area contributed by atoms with Crippen LogP contribution in [0.4, 0.5) is 0 Å². The van der Waals surface area contributed by atoms with Crippen molar-refractivity contribution in [3.8, 4) is 5.75 Å². The number of carbonyl (C=O) groups excluding carboxylic acids is 3. The molecule has 0 aliphatic carbocycles. The zero-order valence-corrected chi connectivity index (χ0v) is 19.8. The highest BCUT2D eigenvalue weighted by atomic mass is 32.1. The molecule has 0 heterocycles. The summed E-state index contributed by atoms with van der Waals surface area (Å²) in [6, 6.07) is -0.182. The Hall–Kier alpha value is -3.85. The fourth-order valence-corrected chi connectivity index (χ4v) is 3.15. The van der Waals surface area contributed by atoms with Gasteiger partial charge in [-0.2, -0.15) is 12.6 Å². The summed E-state index contributed by atoms with van der Waals surface area (Å²) in [5, 5.41) is 43.2. The molecule has 0 aliphatic rings. The van der Waals surface area contributed by atoms with Crippen LogP contribution in [0, 0.1) is 0 Å². The van der Waals surface area contributed by atoms with Crippen molar-refractivity contribution in [3.05, 3.63) is 29.8 Å². The van der Waals surface area contributed by atoms with Crippen molar-refractivity contribution in [3.63, 3.8) is 0 Å². The van der Waals surface area contributed by atoms with Crippen molar-refractivity contribution in [2.24, 2.45) is 5.73 Å². The van der Waals surface area contributed by atoms with E-state index in [-0.39, 0.29) is 17.9 Å². The van der Waals surface area contributed by atoms with Gasteiger partial charge in [0.1, 0.15) is 23.9 Å². The van der Waals surface area contributed by atoms with E-state index in [1.54, 1.807) is 0 Å². The Morgan fingerprint density at radius 1 is 0.806 bits per heavy atom. The standard InChI is InChI=1S/C21H28N4O10S/c22-12(8-17(29)30)18(31)23-13(5-6-16(27)28)19(32)24-14(7-10-1-3-11(26)4-2-10)20(33)25-15(9-36)21(34)35/h1-4,12-15,26,36H,5-9,22H2,(H,23,31)(H,24,32)(H,25,33)(H,27,28)(H,29,30)(H,34,35). The number of phenolic OH excluding ortho intramolecular Hbond substituents is 1. The van der Waals surface area contributed by atoms with Crippen molar-refractivity contribution in [1.29, 1.82) is 0 Å². The summed E-state index contributed by atoms with van der Waals surface area (Å²) in [5.41, 5.74) is 5.97. The van der Waals surface area contributed by atoms with E-state index in [4.69, 9.17) is 15.9 Å². The second-order valence-electron chi connectivity index (χ2n) is 7.71. The number of carbonyl (C=O) groups is 6. The molecule has 0 radical (unpaired) electrons. The Labute approximate surface area is 210 Å². The van der Waals surface area contributed by atoms with E-state index < -0.39 is 79.1 Å². The van der Waals surface area contributed by atoms with Gasteiger partial charge in [-0.1, -0.05) is 12.1 Å². The molecule has 0 spiro atoms. The second kappa shape index (κ2) is 14.5. The summed E-state index contributed by atoms with van der Waals surface area (Å²) < 4.78 is 0. The smallest absolute Gasteiger partial charge is 0.327 e. The maximum atomic E-state index is 13.0. The topological polar surface area (TPSA) is 245 Å². The first-order chi connectivity index (χ1) is 16.8. The normalized spacial score (nSPS) is 13.9. The van der Waals surface area contributed by atoms with Gasteiger partial charge in [0, 0.05) is 18.6 Å². The summed E-state index contributed by atoms with van der Waals surface area (Å²) in [6.07, 6.45) is -1.86. The number of amides is 3. The number of carboxylic acids is 3. The van der Waals surface area contributed by atoms with Crippen LogP contribution in [0.15, 0.2) is 24.3 Å². The van der Waals surface area contributed by atoms with E-state index in [0.29, 0.717) is 5.56 Å². The summed E-state index contributed by atoms with van der Waals surface area (Å²) in [7, 11) is 0. The lowest BCUT2D eigenvalue weighted by Gasteiger charge is -2.25. The predicted octanol–water partition coefficient (Wildman–Crippen LogP) is -1.93. The van der Waals surface area contributed by atoms with Gasteiger partial charge < -0.3 is 42.1 Å². The minimum atomic E-state index is -1.52. The van der Waals surface area contributed by atoms with E-state index in [1.807, 2.05) is 0 Å². The maximum Gasteiger partial charge on any atom is 0.327 e. The molecule has 15 heteroatoms. The van der Waals surface area contributed by atoms with Gasteiger partial charge in [-0.3, -0.25) is 24.0 Å². The van der Waals surface area contributed by atoms with Crippen LogP contribution < -0.4 is 21.7 Å². The van der Waals surface area contributed by atoms with Crippen molar-refractivity contribution < 1.29 is 49.2 Å². The van der Waals surface area contributed by atoms with Gasteiger partial charge in [-0.15, -0.1) is 0 Å². The van der Waals surface area contributed by atoms with Crippen molar-refractivity contribution >= 4 is 48.3 Å². The number of benzene rings is 1. The number of carboxylic acid groups (broad SMARTS) is 3. The fourth-order valence-electron chi connectivity index (χ4n) is 2.90. The maximum absolute atomic E-state index is 13.0. The summed E-state index contributed by atoms with van der Waals surface area (Å²) >= 11 is 3.87. The number of nitrogens with two attached hydrogens (primary N) is 1. The van der Waals surface area contributed by atoms with Crippen LogP contribution in [0.1, 0.15) is 24.8 Å². The summed E-state index contributed by atoms with van der Waals surface area (Å²) in [5.74, 6) is -7.23. The lowest BCUT2D eigenvalue weighted by molar-refractivity contribution is -0.141. The van der Waals surface area contributed by atoms with Crippen LogP contribution in [0.25, 0.3) is 0 Å². The first-order valence-corrected chi connectivity index (χ1v) is 11.2. The molecule has 0 aromatic heterocycles. The number of hydrogen-bond acceptors (Lipinski definition) is 9. The summed E-state index contributed by atoms with van der Waals surface area (Å²) in [4.78, 5) is 71.1. The van der Waals surface area contributed by atoms with E-state index in [2.05, 4.69) is 28.6 Å². The number of aliphatic carboxylic acids is 3. The first kappa shape index (κ1) is 30.2. The third-order valence-corrected chi connectivity index (χ3v) is 5.18. The number of rotatable bonds is 15. The van der Waals surface area contributed by atoms with Crippen LogP contribution in [0.2, 0.25) is 0 Å². The zero-order valence-electron chi connectivity index (χ0n) is 18.9. The van der Waals surface area contributed by atoms with Crippen LogP contribution >= 0.6 is 12.6 Å². The van der Waals surface area contributed by atoms with Crippen LogP contribution in [-0.4, -0.2) is 86.0 Å². The van der Waals surface area contributed by atoms with E-state index in [1.165, 1.54) is 24.3 Å². The molecule has 0 bridgehead atoms. The molecular weight excluding hydrogens is 500 g/mol. The Bertz CT molecular complexity index is 972. The molecule has 198 valence electrons. The molecule has 1 rings (SSSR count). The Balaban J connectivity index is 3.14. The minimum absolute atomic E-state index is 0.0565. The molecule has 1 aromatic carbocycles. The Morgan fingerprint density at radius 2 is 1.33 bits per heavy atom. The Kier molecular flexibility index (Phi) is 12.2. The SMILES string of the molecule is NC(CC(=O)O)C(=O)NC(CCC(=O)O)C(=O)NC(Cc1ccc(O)cc1)C(=O)NC(CS)C(=O)O. The molecule has 4 atom stereocenters. The summed E-state index contributed by atoms with van der Waals surface area (Å²) in [6.45, 7) is 0. The van der Waals surface area contributed by atoms with Gasteiger partial charge in [0.15, 0.2) is 0 Å². The van der Waals surface area contributed by atoms with Crippen molar-refractivity contribution in [2.75, 3.05) is 5.75 Å². The van der Waals surface area contributed by atoms with Crippen LogP contribution in [0.3, 0.4) is 0 Å². The van der Waals surface area contributed by atoms with Gasteiger partial charge in [0.05, 0.1) is 12.5 Å². The van der Waals surface area contributed by atoms with Crippen LogP contribution in [-0.2, 0) is 35.2 Å². The number of nitrogens with one attached hydrogen (secondary N) is 3. The van der Waals surface area contributed by atoms with Crippen molar-refractivity contribution in [1.82, 2.24) is 16.0 Å². The van der Waals surface area contributed by atoms with Gasteiger partial charge in [-0.05, 0) is 24.1 Å². The highest BCUT2D eigenvalue weighted by Crippen LogP contribution is 2.12. The van der Waals surface area contributed by atoms with E-state index >= 15 is 0 Å². The third-order valence-electron chi connectivity index (χ3n) is 4.82. The largest absolute Gasteiger partial charge is 0.508 e. The van der Waals surface area contributed by atoms with Gasteiger partial charge in [0.2, 0.25) is 17.7 Å². The highest BCUT2D eigenvalue weighted by molar-refractivity contribution is 7.80. The molecule has 36 heavy (non-hydrogen) atoms. The molecule has 0 aliphatic heterocycles. The first-order valence-electron chi connectivity index (χ1n) is 10.6. The van der Waals surface area contributed by atoms with Crippen molar-refractivity contribution in [2.45, 2.75) is 49.9 Å². The quantitative estimate of drug-likeness (QED) is 0.113. The minimum Gasteiger partial charge on any atom is -0.508 e. The van der Waals surface area contributed by atoms with Gasteiger partial charge >= 0.3 is 17.9 Å². The number of thiol groups is 1. The molecule has 1 aromatic rings. The number of aromatic hydroxyl groups is 1. The molecule has 14 nitrogen and oxygen atoms in total. The molecule has 0 fully saturated rings. The van der Waals surface area contributed by atoms with Gasteiger partial charge in [0.25, 0.3) is 0 Å². The fraction of sp³-hybridized carbons (Fsp3) is 0.429. The third kappa shape index (κ3) is 10.6. The number of hydrogen-bond donors (Lipinski definition) is 9. The average Bonchev–Trinajstić information content (AvgIpc) is 2.79. The molecule has 0 saturated carbocycles. The second-order valence-corrected chi connectivity index (χ2v) is 8.08. The Morgan fingerprint density at radius 3 is 1.83 bits per heavy atom. The lowest BCUT2D eigenvalue weighted by atomic mass is 10.0. The number of phenols is 1. The van der Waals surface area contributed by atoms with E-state index in [9.17, 15) is 39.0 Å². The molecule has 4 unspecified atom stereocenters. The lowest BCUT2D eigenvalue weighted by Crippen LogP contribution is -2.58. The predicted molar refractivity (Wildman–Crippen MR) is 126 cm³/mol. The molecule has 9 N–H and O–H groups in total. The zero-order chi connectivity index (χ0) is 27.4. The monoisotopic (exact) mass is 528 g/mol. The average molecular weight is 529 g/mol. The molecule has 3 amide bonds. The highest BCUT2D eigenvalue weighted by Gasteiger charge is 2.31. The van der Waals surface area contributed by atoms with Gasteiger partial charge in [-0.25, -0.2) is 4.79 Å². The van der Waals surface area contributed by atoms with E-state index in [0.717, 1.165) is 0 Å². The molecule has 0 saturated heterocycles. The van der Waals surface area contributed by atoms with Crippen LogP contribution in [0.5, 0.6) is 5.75 Å². The molecular formula is C21H28N4O10S.